The molecule has 4 aromatic rings. The van der Waals surface area contributed by atoms with Crippen molar-refractivity contribution in [1.29, 1.82) is 0 Å². The molecule has 1 aliphatic rings. The van der Waals surface area contributed by atoms with Gasteiger partial charge in [0.15, 0.2) is 17.3 Å². The van der Waals surface area contributed by atoms with E-state index >= 15 is 0 Å². The first-order valence-electron chi connectivity index (χ1n) is 8.55. The number of fused-ring (bicyclic) bond motifs is 2. The second-order valence-corrected chi connectivity index (χ2v) is 7.36. The third-order valence-electron chi connectivity index (χ3n) is 4.59. The van der Waals surface area contributed by atoms with Crippen molar-refractivity contribution < 1.29 is 18.7 Å². The fraction of sp³-hybridized carbons (Fsp3) is 0.105. The van der Waals surface area contributed by atoms with Crippen molar-refractivity contribution in [3.8, 4) is 11.5 Å². The van der Waals surface area contributed by atoms with Crippen LogP contribution in [-0.4, -0.2) is 22.1 Å². The average Bonchev–Trinajstić information content (AvgIpc) is 3.44. The number of ether oxygens (including phenoxy) is 2. The molecular weight excluding hydrogens is 398 g/mol. The van der Waals surface area contributed by atoms with Gasteiger partial charge in [0.2, 0.25) is 12.6 Å². The van der Waals surface area contributed by atoms with E-state index in [0.29, 0.717) is 16.3 Å². The second-order valence-electron chi connectivity index (χ2n) is 6.36. The largest absolute Gasteiger partial charge is 0.461 e. The number of hydrogen-bond acceptors (Lipinski definition) is 8. The number of furan rings is 1. The molecule has 0 radical (unpaired) electrons. The molecule has 1 aliphatic heterocycles. The summed E-state index contributed by atoms with van der Waals surface area (Å²) >= 11 is 0.982. The van der Waals surface area contributed by atoms with Crippen molar-refractivity contribution in [3.63, 3.8) is 0 Å². The molecular formula is C19H13N3O6S. The average molecular weight is 411 g/mol. The summed E-state index contributed by atoms with van der Waals surface area (Å²) in [4.78, 5) is 40.3. The quantitative estimate of drug-likeness (QED) is 0.491. The van der Waals surface area contributed by atoms with Crippen molar-refractivity contribution in [1.82, 2.24) is 9.55 Å². The lowest BCUT2D eigenvalue weighted by molar-refractivity contribution is 0.101. The van der Waals surface area contributed by atoms with Gasteiger partial charge in [0.1, 0.15) is 9.71 Å². The van der Waals surface area contributed by atoms with Crippen molar-refractivity contribution in [3.05, 3.63) is 73.6 Å². The summed E-state index contributed by atoms with van der Waals surface area (Å²) in [6.07, 6.45) is 1.37. The Morgan fingerprint density at radius 3 is 2.83 bits per heavy atom. The van der Waals surface area contributed by atoms with Crippen LogP contribution in [0.2, 0.25) is 0 Å². The van der Waals surface area contributed by atoms with E-state index in [4.69, 9.17) is 19.6 Å². The maximum Gasteiger partial charge on any atom is 0.329 e. The lowest BCUT2D eigenvalue weighted by Gasteiger charge is -2.07. The molecule has 0 amide bonds. The summed E-state index contributed by atoms with van der Waals surface area (Å²) in [5.74, 6) is 0.856. The molecule has 5 rings (SSSR count). The smallest absolute Gasteiger partial charge is 0.329 e. The number of benzene rings is 1. The van der Waals surface area contributed by atoms with Gasteiger partial charge in [-0.05, 0) is 29.8 Å². The van der Waals surface area contributed by atoms with E-state index in [0.717, 1.165) is 16.9 Å². The second kappa shape index (κ2) is 6.38. The Hall–Kier alpha value is -3.79. The molecule has 1 aromatic carbocycles. The number of H-pyrrole nitrogens is 1. The number of aromatic amines is 1. The normalized spacial score (nSPS) is 12.6. The number of nitrogens with zero attached hydrogens (tertiary/aromatic N) is 1. The minimum Gasteiger partial charge on any atom is -0.461 e. The van der Waals surface area contributed by atoms with Crippen LogP contribution in [0.5, 0.6) is 11.5 Å². The molecule has 0 unspecified atom stereocenters. The number of nitrogens with one attached hydrogen (secondary N) is 1. The van der Waals surface area contributed by atoms with Crippen LogP contribution < -0.4 is 26.5 Å². The molecule has 10 heteroatoms. The number of ketones is 1. The Bertz CT molecular complexity index is 1380. The summed E-state index contributed by atoms with van der Waals surface area (Å²) in [7, 11) is 0. The number of anilines is 1. The molecule has 0 atom stereocenters. The number of nitrogen functional groups attached to an aromatic ring is 1. The molecule has 4 heterocycles. The van der Waals surface area contributed by atoms with Crippen LogP contribution in [0.15, 0.2) is 50.6 Å². The van der Waals surface area contributed by atoms with Crippen LogP contribution in [0.25, 0.3) is 10.2 Å². The maximum atomic E-state index is 12.7. The van der Waals surface area contributed by atoms with Crippen LogP contribution in [0.1, 0.15) is 21.0 Å². The van der Waals surface area contributed by atoms with E-state index < -0.39 is 17.0 Å². The number of hydrogen-bond donors (Lipinski definition) is 2. The highest BCUT2D eigenvalue weighted by Gasteiger charge is 2.24. The van der Waals surface area contributed by atoms with Gasteiger partial charge in [-0.2, -0.15) is 0 Å². The van der Waals surface area contributed by atoms with E-state index in [2.05, 4.69) is 4.98 Å². The molecule has 0 saturated carbocycles. The van der Waals surface area contributed by atoms with Crippen molar-refractivity contribution >= 4 is 33.0 Å². The van der Waals surface area contributed by atoms with Gasteiger partial charge in [0, 0.05) is 0 Å². The zero-order valence-electron chi connectivity index (χ0n) is 14.8. The zero-order chi connectivity index (χ0) is 20.1. The number of carbonyl (C=O) groups is 1. The summed E-state index contributed by atoms with van der Waals surface area (Å²) in [6, 6.07) is 8.40. The molecule has 0 bridgehead atoms. The Balaban J connectivity index is 1.66. The molecule has 0 aliphatic carbocycles. The SMILES string of the molecule is Nc1c(C(=O)c2ccco2)sc2c1c(=O)[nH]c(=O)n2Cc1ccc2c(c1)OCO2. The van der Waals surface area contributed by atoms with Crippen LogP contribution in [0.3, 0.4) is 0 Å². The predicted octanol–water partition coefficient (Wildman–Crippen LogP) is 1.93. The van der Waals surface area contributed by atoms with Crippen molar-refractivity contribution in [2.75, 3.05) is 12.5 Å². The van der Waals surface area contributed by atoms with E-state index in [1.807, 2.05) is 0 Å². The minimum absolute atomic E-state index is 0.0205. The first-order valence-corrected chi connectivity index (χ1v) is 9.36. The molecule has 0 saturated heterocycles. The van der Waals surface area contributed by atoms with Gasteiger partial charge < -0.3 is 19.6 Å². The van der Waals surface area contributed by atoms with Gasteiger partial charge in [-0.25, -0.2) is 4.79 Å². The van der Waals surface area contributed by atoms with E-state index in [9.17, 15) is 14.4 Å². The highest BCUT2D eigenvalue weighted by atomic mass is 32.1. The Kier molecular flexibility index (Phi) is 3.81. The molecule has 3 aromatic heterocycles. The van der Waals surface area contributed by atoms with Crippen LogP contribution >= 0.6 is 11.3 Å². The van der Waals surface area contributed by atoms with Gasteiger partial charge in [-0.15, -0.1) is 11.3 Å². The molecule has 146 valence electrons. The fourth-order valence-corrected chi connectivity index (χ4v) is 4.38. The van der Waals surface area contributed by atoms with Crippen LogP contribution in [0, 0.1) is 0 Å². The Morgan fingerprint density at radius 2 is 2.03 bits per heavy atom. The van der Waals surface area contributed by atoms with E-state index in [1.165, 1.54) is 16.9 Å². The lowest BCUT2D eigenvalue weighted by Crippen LogP contribution is -2.30. The third kappa shape index (κ3) is 2.72. The fourth-order valence-electron chi connectivity index (χ4n) is 3.21. The number of aromatic nitrogens is 2. The summed E-state index contributed by atoms with van der Waals surface area (Å²) in [5, 5.41) is 0.102. The van der Waals surface area contributed by atoms with Gasteiger partial charge in [0.05, 0.1) is 23.9 Å². The van der Waals surface area contributed by atoms with Crippen molar-refractivity contribution in [2.45, 2.75) is 6.54 Å². The topological polar surface area (TPSA) is 130 Å². The number of nitrogens with two attached hydrogens (primary N) is 1. The predicted molar refractivity (Wildman–Crippen MR) is 105 cm³/mol. The van der Waals surface area contributed by atoms with Gasteiger partial charge in [-0.1, -0.05) is 6.07 Å². The molecule has 0 spiro atoms. The van der Waals surface area contributed by atoms with Crippen LogP contribution in [-0.2, 0) is 6.54 Å². The monoisotopic (exact) mass is 411 g/mol. The molecule has 9 nitrogen and oxygen atoms in total. The highest BCUT2D eigenvalue weighted by molar-refractivity contribution is 7.21. The first kappa shape index (κ1) is 17.3. The number of rotatable bonds is 4. The van der Waals surface area contributed by atoms with E-state index in [-0.39, 0.29) is 35.0 Å². The van der Waals surface area contributed by atoms with E-state index in [1.54, 1.807) is 24.3 Å². The highest BCUT2D eigenvalue weighted by Crippen LogP contribution is 2.35. The Morgan fingerprint density at radius 1 is 1.21 bits per heavy atom. The molecule has 3 N–H and O–H groups in total. The minimum atomic E-state index is -0.640. The van der Waals surface area contributed by atoms with Gasteiger partial charge >= 0.3 is 5.69 Å². The lowest BCUT2D eigenvalue weighted by atomic mass is 10.2. The molecule has 29 heavy (non-hydrogen) atoms. The van der Waals surface area contributed by atoms with Crippen molar-refractivity contribution in [2.24, 2.45) is 0 Å². The summed E-state index contributed by atoms with van der Waals surface area (Å²) in [5.41, 5.74) is 5.65. The first-order chi connectivity index (χ1) is 14.0. The standard InChI is InChI=1S/C19H13N3O6S/c20-14-13-17(24)21-19(25)22(7-9-3-4-10-12(6-9)28-8-27-10)18(13)29-16(14)15(23)11-2-1-5-26-11/h1-6H,7-8,20H2,(H,21,24,25). The third-order valence-corrected chi connectivity index (χ3v) is 5.82. The van der Waals surface area contributed by atoms with Crippen LogP contribution in [0.4, 0.5) is 5.69 Å². The summed E-state index contributed by atoms with van der Waals surface area (Å²) < 4.78 is 17.2. The number of thiophene rings is 1. The zero-order valence-corrected chi connectivity index (χ0v) is 15.6. The van der Waals surface area contributed by atoms with Gasteiger partial charge in [-0.3, -0.25) is 19.1 Å². The summed E-state index contributed by atoms with van der Waals surface area (Å²) in [6.45, 7) is 0.290. The maximum absolute atomic E-state index is 12.7. The Labute approximate surface area is 165 Å². The number of carbonyl (C=O) groups excluding carboxylic acids is 1. The van der Waals surface area contributed by atoms with Gasteiger partial charge in [0.25, 0.3) is 5.56 Å². The molecule has 0 fully saturated rings.